The summed E-state index contributed by atoms with van der Waals surface area (Å²) in [4.78, 5) is 14.1. The van der Waals surface area contributed by atoms with E-state index in [0.717, 1.165) is 44.3 Å². The Kier molecular flexibility index (Phi) is 5.13. The van der Waals surface area contributed by atoms with Gasteiger partial charge in [-0.2, -0.15) is 11.8 Å². The average Bonchev–Trinajstić information content (AvgIpc) is 2.78. The highest BCUT2D eigenvalue weighted by molar-refractivity contribution is 7.99. The van der Waals surface area contributed by atoms with Crippen molar-refractivity contribution < 1.29 is 4.79 Å². The maximum Gasteiger partial charge on any atom is 0.234 e. The van der Waals surface area contributed by atoms with Gasteiger partial charge in [0.2, 0.25) is 5.91 Å². The molecule has 0 aromatic carbocycles. The lowest BCUT2D eigenvalue weighted by Crippen LogP contribution is -2.48. The summed E-state index contributed by atoms with van der Waals surface area (Å²) >= 11 is 1.93. The molecule has 5 heteroatoms. The molecule has 1 heterocycles. The molecule has 17 heavy (non-hydrogen) atoms. The van der Waals surface area contributed by atoms with Crippen molar-refractivity contribution in [2.45, 2.75) is 30.6 Å². The lowest BCUT2D eigenvalue weighted by atomic mass is 10.2. The zero-order valence-electron chi connectivity index (χ0n) is 10.6. The fourth-order valence-corrected chi connectivity index (χ4v) is 3.43. The van der Waals surface area contributed by atoms with Gasteiger partial charge < -0.3 is 10.6 Å². The SMILES string of the molecule is CSC1CCC(NC(=O)CN2CCNCC2)C1. The highest BCUT2D eigenvalue weighted by Gasteiger charge is 2.25. The second-order valence-electron chi connectivity index (χ2n) is 4.96. The third kappa shape index (κ3) is 4.16. The molecule has 1 saturated heterocycles. The standard InChI is InChI=1S/C12H23N3OS/c1-17-11-3-2-10(8-11)14-12(16)9-15-6-4-13-5-7-15/h10-11,13H,2-9H2,1H3,(H,14,16). The third-order valence-corrected chi connectivity index (χ3v) is 4.75. The van der Waals surface area contributed by atoms with Gasteiger partial charge in [0.15, 0.2) is 0 Å². The van der Waals surface area contributed by atoms with Crippen LogP contribution < -0.4 is 10.6 Å². The van der Waals surface area contributed by atoms with Crippen LogP contribution in [0.2, 0.25) is 0 Å². The predicted molar refractivity (Wildman–Crippen MR) is 72.4 cm³/mol. The monoisotopic (exact) mass is 257 g/mol. The number of nitrogens with one attached hydrogen (secondary N) is 2. The van der Waals surface area contributed by atoms with Gasteiger partial charge in [-0.25, -0.2) is 0 Å². The fraction of sp³-hybridized carbons (Fsp3) is 0.917. The second-order valence-corrected chi connectivity index (χ2v) is 6.10. The first kappa shape index (κ1) is 13.2. The molecule has 2 fully saturated rings. The molecule has 0 spiro atoms. The van der Waals surface area contributed by atoms with Gasteiger partial charge in [0.1, 0.15) is 0 Å². The quantitative estimate of drug-likeness (QED) is 0.760. The second kappa shape index (κ2) is 6.61. The number of rotatable bonds is 4. The van der Waals surface area contributed by atoms with Crippen LogP contribution in [0.15, 0.2) is 0 Å². The van der Waals surface area contributed by atoms with E-state index in [9.17, 15) is 4.79 Å². The summed E-state index contributed by atoms with van der Waals surface area (Å²) in [7, 11) is 0. The molecule has 2 unspecified atom stereocenters. The first-order valence-electron chi connectivity index (χ1n) is 6.53. The highest BCUT2D eigenvalue weighted by Crippen LogP contribution is 2.27. The topological polar surface area (TPSA) is 44.4 Å². The number of hydrogen-bond acceptors (Lipinski definition) is 4. The van der Waals surface area contributed by atoms with Crippen LogP contribution in [0.3, 0.4) is 0 Å². The van der Waals surface area contributed by atoms with Crippen LogP contribution in [-0.4, -0.2) is 61.1 Å². The number of thioether (sulfide) groups is 1. The first-order chi connectivity index (χ1) is 8.28. The summed E-state index contributed by atoms with van der Waals surface area (Å²) in [5.41, 5.74) is 0. The van der Waals surface area contributed by atoms with Crippen LogP contribution >= 0.6 is 11.8 Å². The lowest BCUT2D eigenvalue weighted by Gasteiger charge is -2.27. The summed E-state index contributed by atoms with van der Waals surface area (Å²) in [5.74, 6) is 0.207. The van der Waals surface area contributed by atoms with E-state index in [4.69, 9.17) is 0 Å². The van der Waals surface area contributed by atoms with E-state index < -0.39 is 0 Å². The molecule has 2 N–H and O–H groups in total. The molecular formula is C12H23N3OS. The van der Waals surface area contributed by atoms with Crippen molar-refractivity contribution in [3.63, 3.8) is 0 Å². The summed E-state index contributed by atoms with van der Waals surface area (Å²) in [6, 6.07) is 0.419. The predicted octanol–water partition coefficient (Wildman–Crippen LogP) is 0.292. The van der Waals surface area contributed by atoms with E-state index in [1.54, 1.807) is 0 Å². The third-order valence-electron chi connectivity index (χ3n) is 3.66. The number of hydrogen-bond donors (Lipinski definition) is 2. The van der Waals surface area contributed by atoms with Crippen LogP contribution in [-0.2, 0) is 4.79 Å². The Labute approximate surface area is 108 Å². The summed E-state index contributed by atoms with van der Waals surface area (Å²) in [6.45, 7) is 4.57. The van der Waals surface area contributed by atoms with Crippen molar-refractivity contribution in [1.29, 1.82) is 0 Å². The minimum Gasteiger partial charge on any atom is -0.352 e. The zero-order chi connectivity index (χ0) is 12.1. The van der Waals surface area contributed by atoms with Gasteiger partial charge in [0.25, 0.3) is 0 Å². The van der Waals surface area contributed by atoms with E-state index in [0.29, 0.717) is 12.6 Å². The van der Waals surface area contributed by atoms with Crippen molar-refractivity contribution >= 4 is 17.7 Å². The van der Waals surface area contributed by atoms with Crippen LogP contribution in [0.4, 0.5) is 0 Å². The Morgan fingerprint density at radius 3 is 2.82 bits per heavy atom. The number of carbonyl (C=O) groups excluding carboxylic acids is 1. The van der Waals surface area contributed by atoms with E-state index in [2.05, 4.69) is 21.8 Å². The molecule has 0 aromatic rings. The Morgan fingerprint density at radius 1 is 1.41 bits per heavy atom. The first-order valence-corrected chi connectivity index (χ1v) is 7.82. The molecule has 1 amide bonds. The molecule has 0 aromatic heterocycles. The maximum absolute atomic E-state index is 11.9. The highest BCUT2D eigenvalue weighted by atomic mass is 32.2. The van der Waals surface area contributed by atoms with Crippen molar-refractivity contribution in [2.24, 2.45) is 0 Å². The van der Waals surface area contributed by atoms with Crippen LogP contribution in [0.25, 0.3) is 0 Å². The van der Waals surface area contributed by atoms with Crippen molar-refractivity contribution in [2.75, 3.05) is 39.0 Å². The Hall–Kier alpha value is -0.260. The molecule has 0 radical (unpaired) electrons. The van der Waals surface area contributed by atoms with Gasteiger partial charge in [0.05, 0.1) is 6.54 Å². The summed E-state index contributed by atoms with van der Waals surface area (Å²) in [5, 5.41) is 7.22. The van der Waals surface area contributed by atoms with Gasteiger partial charge >= 0.3 is 0 Å². The molecule has 0 bridgehead atoms. The van der Waals surface area contributed by atoms with Gasteiger partial charge in [0, 0.05) is 37.5 Å². The van der Waals surface area contributed by atoms with Crippen molar-refractivity contribution in [3.8, 4) is 0 Å². The molecule has 1 aliphatic carbocycles. The van der Waals surface area contributed by atoms with Gasteiger partial charge in [-0.05, 0) is 25.5 Å². The number of piperazine rings is 1. The van der Waals surface area contributed by atoms with Gasteiger partial charge in [-0.15, -0.1) is 0 Å². The Morgan fingerprint density at radius 2 is 2.18 bits per heavy atom. The lowest BCUT2D eigenvalue weighted by molar-refractivity contribution is -0.123. The van der Waals surface area contributed by atoms with E-state index >= 15 is 0 Å². The van der Waals surface area contributed by atoms with E-state index in [1.165, 1.54) is 6.42 Å². The number of nitrogens with zero attached hydrogens (tertiary/aromatic N) is 1. The Balaban J connectivity index is 1.66. The smallest absolute Gasteiger partial charge is 0.234 e. The van der Waals surface area contributed by atoms with Crippen LogP contribution in [0.1, 0.15) is 19.3 Å². The fourth-order valence-electron chi connectivity index (χ4n) is 2.63. The minimum atomic E-state index is 0.207. The number of amides is 1. The molecule has 2 atom stereocenters. The van der Waals surface area contributed by atoms with E-state index in [1.807, 2.05) is 11.8 Å². The molecule has 98 valence electrons. The van der Waals surface area contributed by atoms with E-state index in [-0.39, 0.29) is 5.91 Å². The van der Waals surface area contributed by atoms with Gasteiger partial charge in [-0.3, -0.25) is 9.69 Å². The molecule has 2 aliphatic rings. The zero-order valence-corrected chi connectivity index (χ0v) is 11.4. The average molecular weight is 257 g/mol. The Bertz CT molecular complexity index is 256. The molecule has 1 saturated carbocycles. The van der Waals surface area contributed by atoms with Crippen LogP contribution in [0.5, 0.6) is 0 Å². The summed E-state index contributed by atoms with van der Waals surface area (Å²) < 4.78 is 0. The molecule has 4 nitrogen and oxygen atoms in total. The van der Waals surface area contributed by atoms with Crippen molar-refractivity contribution in [3.05, 3.63) is 0 Å². The van der Waals surface area contributed by atoms with Gasteiger partial charge in [-0.1, -0.05) is 0 Å². The molecule has 1 aliphatic heterocycles. The largest absolute Gasteiger partial charge is 0.352 e. The minimum absolute atomic E-state index is 0.207. The molecule has 2 rings (SSSR count). The molecular weight excluding hydrogens is 234 g/mol. The summed E-state index contributed by atoms with van der Waals surface area (Å²) in [6.07, 6.45) is 5.71. The normalized spacial score (nSPS) is 30.4. The van der Waals surface area contributed by atoms with Crippen LogP contribution in [0, 0.1) is 0 Å². The maximum atomic E-state index is 11.9. The number of carbonyl (C=O) groups is 1. The van der Waals surface area contributed by atoms with Crippen molar-refractivity contribution in [1.82, 2.24) is 15.5 Å².